The van der Waals surface area contributed by atoms with E-state index in [9.17, 15) is 9.59 Å². The molecule has 1 aliphatic carbocycles. The van der Waals surface area contributed by atoms with Crippen LogP contribution in [0.15, 0.2) is 61.2 Å². The van der Waals surface area contributed by atoms with Crippen molar-refractivity contribution in [1.29, 1.82) is 0 Å². The molecule has 2 N–H and O–H groups in total. The van der Waals surface area contributed by atoms with Gasteiger partial charge in [-0.2, -0.15) is 0 Å². The number of carbonyl (C=O) groups excluding carboxylic acids is 2. The van der Waals surface area contributed by atoms with Crippen molar-refractivity contribution >= 4 is 34.4 Å². The molecule has 0 unspecified atom stereocenters. The summed E-state index contributed by atoms with van der Waals surface area (Å²) in [6.45, 7) is 4.10. The molecule has 2 amide bonds. The number of allylic oxidation sites excluding steroid dienone is 1. The summed E-state index contributed by atoms with van der Waals surface area (Å²) in [5.74, 6) is 0.404. The van der Waals surface area contributed by atoms with Gasteiger partial charge in [0.15, 0.2) is 0 Å². The first-order chi connectivity index (χ1) is 16.1. The van der Waals surface area contributed by atoms with Crippen LogP contribution in [0.4, 0.5) is 0 Å². The van der Waals surface area contributed by atoms with Gasteiger partial charge in [0.05, 0.1) is 23.9 Å². The predicted octanol–water partition coefficient (Wildman–Crippen LogP) is 4.15. The second-order valence-corrected chi connectivity index (χ2v) is 7.88. The van der Waals surface area contributed by atoms with Crippen LogP contribution in [-0.2, 0) is 11.2 Å². The largest absolute Gasteiger partial charge is 0.497 e. The Labute approximate surface area is 193 Å². The molecule has 0 aliphatic heterocycles. The molecule has 1 aliphatic rings. The molecule has 0 saturated carbocycles. The Morgan fingerprint density at radius 1 is 1.06 bits per heavy atom. The first-order valence-corrected chi connectivity index (χ1v) is 11.1. The van der Waals surface area contributed by atoms with E-state index in [0.717, 1.165) is 58.3 Å². The number of carbonyl (C=O) groups is 2. The van der Waals surface area contributed by atoms with Gasteiger partial charge in [-0.05, 0) is 66.3 Å². The van der Waals surface area contributed by atoms with E-state index in [1.165, 1.54) is 6.08 Å². The number of fused-ring (bicyclic) bond motifs is 2. The molecule has 0 bridgehead atoms. The third-order valence-electron chi connectivity index (χ3n) is 5.75. The molecule has 3 aromatic rings. The SMILES string of the molecule is C=CC(=O)NCCNC(=O)c1c2c(nc3ccccc13)/C(=C\c1ccc(OC)cc1)CCC2. The van der Waals surface area contributed by atoms with Gasteiger partial charge in [-0.25, -0.2) is 4.98 Å². The number of hydrogen-bond donors (Lipinski definition) is 2. The molecule has 1 heterocycles. The van der Waals surface area contributed by atoms with E-state index in [-0.39, 0.29) is 11.8 Å². The van der Waals surface area contributed by atoms with E-state index in [0.29, 0.717) is 18.7 Å². The maximum absolute atomic E-state index is 13.3. The summed E-state index contributed by atoms with van der Waals surface area (Å²) in [5.41, 5.74) is 5.53. The van der Waals surface area contributed by atoms with Crippen LogP contribution in [0.25, 0.3) is 22.6 Å². The van der Waals surface area contributed by atoms with Gasteiger partial charge in [-0.3, -0.25) is 9.59 Å². The zero-order valence-electron chi connectivity index (χ0n) is 18.7. The molecule has 6 nitrogen and oxygen atoms in total. The van der Waals surface area contributed by atoms with Crippen LogP contribution < -0.4 is 15.4 Å². The van der Waals surface area contributed by atoms with E-state index in [1.54, 1.807) is 7.11 Å². The first-order valence-electron chi connectivity index (χ1n) is 11.1. The van der Waals surface area contributed by atoms with Crippen molar-refractivity contribution in [3.8, 4) is 5.75 Å². The Hall–Kier alpha value is -3.93. The lowest BCUT2D eigenvalue weighted by Crippen LogP contribution is -2.34. The van der Waals surface area contributed by atoms with E-state index < -0.39 is 0 Å². The lowest BCUT2D eigenvalue weighted by Gasteiger charge is -2.23. The van der Waals surface area contributed by atoms with Gasteiger partial charge in [0.25, 0.3) is 5.91 Å². The fourth-order valence-electron chi connectivity index (χ4n) is 4.16. The van der Waals surface area contributed by atoms with Gasteiger partial charge < -0.3 is 15.4 Å². The highest BCUT2D eigenvalue weighted by Crippen LogP contribution is 2.36. The van der Waals surface area contributed by atoms with Crippen LogP contribution in [0.1, 0.15) is 40.0 Å². The molecule has 0 atom stereocenters. The van der Waals surface area contributed by atoms with Gasteiger partial charge in [-0.15, -0.1) is 0 Å². The number of amides is 2. The summed E-state index contributed by atoms with van der Waals surface area (Å²) in [6, 6.07) is 15.7. The number of nitrogens with one attached hydrogen (secondary N) is 2. The molecular weight excluding hydrogens is 414 g/mol. The highest BCUT2D eigenvalue weighted by Gasteiger charge is 2.25. The number of para-hydroxylation sites is 1. The van der Waals surface area contributed by atoms with Crippen molar-refractivity contribution in [2.24, 2.45) is 0 Å². The lowest BCUT2D eigenvalue weighted by molar-refractivity contribution is -0.116. The van der Waals surface area contributed by atoms with Crippen molar-refractivity contribution in [3.05, 3.63) is 83.6 Å². The average Bonchev–Trinajstić information content (AvgIpc) is 2.85. The predicted molar refractivity (Wildman–Crippen MR) is 131 cm³/mol. The van der Waals surface area contributed by atoms with E-state index >= 15 is 0 Å². The van der Waals surface area contributed by atoms with Crippen LogP contribution in [0.5, 0.6) is 5.75 Å². The standard InChI is InChI=1S/C27H27N3O3/c1-3-24(31)28-15-16-29-27(32)25-21-8-4-5-10-23(21)30-26-19(7-6-9-22(25)26)17-18-11-13-20(33-2)14-12-18/h3-5,8,10-14,17H,1,6-7,9,15-16H2,2H3,(H,28,31)(H,29,32)/b19-17-. The van der Waals surface area contributed by atoms with Crippen molar-refractivity contribution in [3.63, 3.8) is 0 Å². The maximum atomic E-state index is 13.3. The van der Waals surface area contributed by atoms with Crippen molar-refractivity contribution in [2.75, 3.05) is 20.2 Å². The number of aromatic nitrogens is 1. The van der Waals surface area contributed by atoms with Gasteiger partial charge in [0.1, 0.15) is 5.75 Å². The van der Waals surface area contributed by atoms with Gasteiger partial charge >= 0.3 is 0 Å². The molecular formula is C27H27N3O3. The number of ether oxygens (including phenoxy) is 1. The number of pyridine rings is 1. The molecule has 168 valence electrons. The molecule has 33 heavy (non-hydrogen) atoms. The summed E-state index contributed by atoms with van der Waals surface area (Å²) in [4.78, 5) is 29.6. The minimum atomic E-state index is -0.260. The van der Waals surface area contributed by atoms with Gasteiger partial charge in [-0.1, -0.05) is 36.9 Å². The third-order valence-corrected chi connectivity index (χ3v) is 5.75. The second kappa shape index (κ2) is 10.1. The molecule has 0 fully saturated rings. The molecule has 2 aromatic carbocycles. The Kier molecular flexibility index (Phi) is 6.83. The zero-order valence-corrected chi connectivity index (χ0v) is 18.7. The molecule has 0 radical (unpaired) electrons. The third kappa shape index (κ3) is 4.95. The number of hydrogen-bond acceptors (Lipinski definition) is 4. The molecule has 1 aromatic heterocycles. The normalized spacial score (nSPS) is 13.9. The number of rotatable bonds is 7. The molecule has 6 heteroatoms. The minimum Gasteiger partial charge on any atom is -0.497 e. The number of nitrogens with zero attached hydrogens (tertiary/aromatic N) is 1. The van der Waals surface area contributed by atoms with Crippen LogP contribution in [0, 0.1) is 0 Å². The average molecular weight is 442 g/mol. The van der Waals surface area contributed by atoms with Gasteiger partial charge in [0, 0.05) is 18.5 Å². The maximum Gasteiger partial charge on any atom is 0.252 e. The Morgan fingerprint density at radius 3 is 2.58 bits per heavy atom. The van der Waals surface area contributed by atoms with E-state index in [1.807, 2.05) is 48.5 Å². The van der Waals surface area contributed by atoms with Gasteiger partial charge in [0.2, 0.25) is 5.91 Å². The summed E-state index contributed by atoms with van der Waals surface area (Å²) in [5, 5.41) is 6.47. The molecule has 0 saturated heterocycles. The Morgan fingerprint density at radius 2 is 1.82 bits per heavy atom. The van der Waals surface area contributed by atoms with Crippen LogP contribution >= 0.6 is 0 Å². The van der Waals surface area contributed by atoms with Crippen molar-refractivity contribution < 1.29 is 14.3 Å². The van der Waals surface area contributed by atoms with E-state index in [4.69, 9.17) is 9.72 Å². The topological polar surface area (TPSA) is 80.3 Å². The Bertz CT molecular complexity index is 1230. The van der Waals surface area contributed by atoms with Crippen LogP contribution in [0.3, 0.4) is 0 Å². The molecule has 0 spiro atoms. The summed E-state index contributed by atoms with van der Waals surface area (Å²) < 4.78 is 5.26. The zero-order chi connectivity index (χ0) is 23.2. The first kappa shape index (κ1) is 22.3. The summed E-state index contributed by atoms with van der Waals surface area (Å²) >= 11 is 0. The number of methoxy groups -OCH3 is 1. The summed E-state index contributed by atoms with van der Waals surface area (Å²) in [7, 11) is 1.65. The smallest absolute Gasteiger partial charge is 0.252 e. The number of benzene rings is 2. The highest BCUT2D eigenvalue weighted by molar-refractivity contribution is 6.09. The van der Waals surface area contributed by atoms with Crippen LogP contribution in [-0.4, -0.2) is 37.0 Å². The summed E-state index contributed by atoms with van der Waals surface area (Å²) in [6.07, 6.45) is 6.00. The van der Waals surface area contributed by atoms with Crippen molar-refractivity contribution in [1.82, 2.24) is 15.6 Å². The fraction of sp³-hybridized carbons (Fsp3) is 0.222. The minimum absolute atomic E-state index is 0.150. The monoisotopic (exact) mass is 441 g/mol. The quantitative estimate of drug-likeness (QED) is 0.426. The van der Waals surface area contributed by atoms with Crippen molar-refractivity contribution in [2.45, 2.75) is 19.3 Å². The fourth-order valence-corrected chi connectivity index (χ4v) is 4.16. The lowest BCUT2D eigenvalue weighted by atomic mass is 9.85. The Balaban J connectivity index is 1.70. The highest BCUT2D eigenvalue weighted by atomic mass is 16.5. The van der Waals surface area contributed by atoms with Crippen LogP contribution in [0.2, 0.25) is 0 Å². The van der Waals surface area contributed by atoms with E-state index in [2.05, 4.69) is 23.3 Å². The molecule has 4 rings (SSSR count). The second-order valence-electron chi connectivity index (χ2n) is 7.88.